The number of rotatable bonds is 6. The minimum Gasteiger partial charge on any atom is -0.444 e. The Labute approximate surface area is 183 Å². The smallest absolute Gasteiger partial charge is 0.407 e. The van der Waals surface area contributed by atoms with Crippen LogP contribution in [0.4, 0.5) is 4.79 Å². The molecule has 0 aliphatic carbocycles. The van der Waals surface area contributed by atoms with Crippen LogP contribution in [0.15, 0.2) is 0 Å². The van der Waals surface area contributed by atoms with Gasteiger partial charge >= 0.3 is 6.09 Å². The van der Waals surface area contributed by atoms with Gasteiger partial charge in [-0.1, -0.05) is 0 Å². The summed E-state index contributed by atoms with van der Waals surface area (Å²) < 4.78 is 5.15. The van der Waals surface area contributed by atoms with Gasteiger partial charge in [0.25, 0.3) is 5.91 Å². The van der Waals surface area contributed by atoms with Crippen LogP contribution < -0.4 is 10.6 Å². The topological polar surface area (TPSA) is 121 Å². The van der Waals surface area contributed by atoms with Crippen molar-refractivity contribution in [2.24, 2.45) is 5.92 Å². The van der Waals surface area contributed by atoms with Crippen LogP contribution in [0.2, 0.25) is 0 Å². The highest BCUT2D eigenvalue weighted by Gasteiger charge is 2.31. The Morgan fingerprint density at radius 3 is 2.35 bits per heavy atom. The van der Waals surface area contributed by atoms with E-state index in [9.17, 15) is 19.2 Å². The van der Waals surface area contributed by atoms with Crippen molar-refractivity contribution in [3.63, 3.8) is 0 Å². The van der Waals surface area contributed by atoms with Crippen molar-refractivity contribution in [1.82, 2.24) is 20.5 Å². The van der Waals surface area contributed by atoms with Gasteiger partial charge in [-0.25, -0.2) is 4.79 Å². The lowest BCUT2D eigenvalue weighted by Gasteiger charge is -2.32. The number of piperidine rings is 1. The Bertz CT molecular complexity index is 853. The Kier molecular flexibility index (Phi) is 7.86. The van der Waals surface area contributed by atoms with Gasteiger partial charge in [0.2, 0.25) is 5.91 Å². The molecule has 9 heteroatoms. The van der Waals surface area contributed by atoms with Gasteiger partial charge in [0.05, 0.1) is 5.92 Å². The molecule has 2 rings (SSSR count). The first-order chi connectivity index (χ1) is 14.4. The van der Waals surface area contributed by atoms with E-state index in [-0.39, 0.29) is 36.6 Å². The lowest BCUT2D eigenvalue weighted by atomic mass is 9.96. The fourth-order valence-corrected chi connectivity index (χ4v) is 3.83. The number of alkyl carbamates (subject to hydrolysis) is 1. The van der Waals surface area contributed by atoms with Crippen molar-refractivity contribution in [2.75, 3.05) is 26.2 Å². The second-order valence-corrected chi connectivity index (χ2v) is 8.99. The number of carbonyl (C=O) groups excluding carboxylic acids is 4. The van der Waals surface area contributed by atoms with E-state index in [2.05, 4.69) is 15.6 Å². The van der Waals surface area contributed by atoms with Crippen LogP contribution in [-0.4, -0.2) is 65.4 Å². The molecule has 2 heterocycles. The number of hydrogen-bond donors (Lipinski definition) is 3. The molecule has 31 heavy (non-hydrogen) atoms. The number of hydrogen-bond acceptors (Lipinski definition) is 5. The maximum Gasteiger partial charge on any atom is 0.407 e. The lowest BCUT2D eigenvalue weighted by molar-refractivity contribution is -0.126. The number of likely N-dealkylation sites (tertiary alicyclic amines) is 1. The summed E-state index contributed by atoms with van der Waals surface area (Å²) in [6.07, 6.45) is 0.882. The molecule has 1 saturated heterocycles. The van der Waals surface area contributed by atoms with E-state index < -0.39 is 11.7 Å². The van der Waals surface area contributed by atoms with E-state index in [0.29, 0.717) is 42.0 Å². The predicted molar refractivity (Wildman–Crippen MR) is 116 cm³/mol. The molecule has 1 aromatic rings. The number of amides is 3. The number of ether oxygens (including phenoxy) is 1. The summed E-state index contributed by atoms with van der Waals surface area (Å²) in [5, 5.41) is 5.41. The van der Waals surface area contributed by atoms with E-state index in [1.165, 1.54) is 6.92 Å². The van der Waals surface area contributed by atoms with E-state index in [1.54, 1.807) is 39.5 Å². The summed E-state index contributed by atoms with van der Waals surface area (Å²) in [4.78, 5) is 53.7. The van der Waals surface area contributed by atoms with Gasteiger partial charge in [-0.3, -0.25) is 14.4 Å². The minimum atomic E-state index is -0.577. The Hall–Kier alpha value is -2.84. The third kappa shape index (κ3) is 6.57. The van der Waals surface area contributed by atoms with E-state index in [4.69, 9.17) is 4.74 Å². The van der Waals surface area contributed by atoms with Crippen molar-refractivity contribution in [2.45, 2.75) is 60.0 Å². The molecule has 0 radical (unpaired) electrons. The van der Waals surface area contributed by atoms with Crippen LogP contribution in [0.25, 0.3) is 0 Å². The summed E-state index contributed by atoms with van der Waals surface area (Å²) in [7, 11) is 0. The molecule has 0 saturated carbocycles. The monoisotopic (exact) mass is 434 g/mol. The number of aromatic amines is 1. The number of Topliss-reactive ketones (excluding diaryl/α,β-unsaturated/α-hetero) is 1. The SMILES string of the molecule is CC(=O)c1c(C)[nH]c(C(=O)N2CCCC(C(=O)NCCNC(=O)OC(C)(C)C)C2)c1C. The maximum atomic E-state index is 13.0. The van der Waals surface area contributed by atoms with Crippen LogP contribution in [0.1, 0.15) is 72.6 Å². The number of ketones is 1. The van der Waals surface area contributed by atoms with Gasteiger partial charge in [-0.05, 0) is 59.9 Å². The quantitative estimate of drug-likeness (QED) is 0.469. The third-order valence-corrected chi connectivity index (χ3v) is 5.18. The molecule has 1 aliphatic rings. The summed E-state index contributed by atoms with van der Waals surface area (Å²) in [6.45, 7) is 11.8. The second kappa shape index (κ2) is 9.98. The standard InChI is InChI=1S/C22H34N4O5/c1-13-17(15(3)27)14(2)25-18(13)20(29)26-11-7-8-16(12-26)19(28)23-9-10-24-21(30)31-22(4,5)6/h16,25H,7-12H2,1-6H3,(H,23,28)(H,24,30). The van der Waals surface area contributed by atoms with Gasteiger partial charge in [-0.15, -0.1) is 0 Å². The van der Waals surface area contributed by atoms with Crippen molar-refractivity contribution in [3.8, 4) is 0 Å². The van der Waals surface area contributed by atoms with Crippen LogP contribution in [0.3, 0.4) is 0 Å². The van der Waals surface area contributed by atoms with Crippen molar-refractivity contribution < 1.29 is 23.9 Å². The molecule has 0 spiro atoms. The first kappa shape index (κ1) is 24.4. The molecule has 0 aromatic carbocycles. The molecule has 1 aromatic heterocycles. The number of carbonyl (C=O) groups is 4. The first-order valence-corrected chi connectivity index (χ1v) is 10.6. The zero-order chi connectivity index (χ0) is 23.3. The van der Waals surface area contributed by atoms with Crippen molar-refractivity contribution in [3.05, 3.63) is 22.5 Å². The number of aryl methyl sites for hydroxylation is 1. The highest BCUT2D eigenvalue weighted by molar-refractivity contribution is 6.02. The maximum absolute atomic E-state index is 13.0. The molecule has 1 atom stereocenters. The van der Waals surface area contributed by atoms with Crippen molar-refractivity contribution in [1.29, 1.82) is 0 Å². The molecule has 1 fully saturated rings. The number of nitrogens with one attached hydrogen (secondary N) is 3. The molecule has 1 aliphatic heterocycles. The van der Waals surface area contributed by atoms with E-state index in [0.717, 1.165) is 6.42 Å². The highest BCUT2D eigenvalue weighted by atomic mass is 16.6. The Balaban J connectivity index is 1.88. The second-order valence-electron chi connectivity index (χ2n) is 8.99. The van der Waals surface area contributed by atoms with Crippen LogP contribution >= 0.6 is 0 Å². The number of nitrogens with zero attached hydrogens (tertiary/aromatic N) is 1. The van der Waals surface area contributed by atoms with E-state index >= 15 is 0 Å². The highest BCUT2D eigenvalue weighted by Crippen LogP contribution is 2.23. The van der Waals surface area contributed by atoms with Gasteiger partial charge < -0.3 is 25.3 Å². The van der Waals surface area contributed by atoms with Crippen LogP contribution in [0.5, 0.6) is 0 Å². The fourth-order valence-electron chi connectivity index (χ4n) is 3.83. The molecule has 0 bridgehead atoms. The molecule has 3 amide bonds. The van der Waals surface area contributed by atoms with Gasteiger partial charge in [0, 0.05) is 37.4 Å². The Morgan fingerprint density at radius 1 is 1.13 bits per heavy atom. The zero-order valence-electron chi connectivity index (χ0n) is 19.3. The molecule has 9 nitrogen and oxygen atoms in total. The van der Waals surface area contributed by atoms with Gasteiger partial charge in [-0.2, -0.15) is 0 Å². The average Bonchev–Trinajstić information content (AvgIpc) is 2.97. The zero-order valence-corrected chi connectivity index (χ0v) is 19.3. The van der Waals surface area contributed by atoms with Gasteiger partial charge in [0.15, 0.2) is 5.78 Å². The first-order valence-electron chi connectivity index (χ1n) is 10.6. The van der Waals surface area contributed by atoms with Gasteiger partial charge in [0.1, 0.15) is 11.3 Å². The molecule has 172 valence electrons. The molecule has 1 unspecified atom stereocenters. The predicted octanol–water partition coefficient (Wildman–Crippen LogP) is 2.33. The summed E-state index contributed by atoms with van der Waals surface area (Å²) in [5.74, 6) is -0.742. The normalized spacial score (nSPS) is 16.6. The third-order valence-electron chi connectivity index (χ3n) is 5.18. The number of H-pyrrole nitrogens is 1. The van der Waals surface area contributed by atoms with Crippen LogP contribution in [-0.2, 0) is 9.53 Å². The minimum absolute atomic E-state index is 0.0822. The largest absolute Gasteiger partial charge is 0.444 e. The molecular weight excluding hydrogens is 400 g/mol. The lowest BCUT2D eigenvalue weighted by Crippen LogP contribution is -2.47. The summed E-state index contributed by atoms with van der Waals surface area (Å²) in [5.41, 5.74) is 1.71. The Morgan fingerprint density at radius 2 is 1.77 bits per heavy atom. The van der Waals surface area contributed by atoms with E-state index in [1.807, 2.05) is 0 Å². The van der Waals surface area contributed by atoms with Crippen LogP contribution in [0, 0.1) is 19.8 Å². The average molecular weight is 435 g/mol. The number of aromatic nitrogens is 1. The molecule has 3 N–H and O–H groups in total. The summed E-state index contributed by atoms with van der Waals surface area (Å²) >= 11 is 0. The summed E-state index contributed by atoms with van der Waals surface area (Å²) in [6, 6.07) is 0. The molecular formula is C22H34N4O5. The fraction of sp³-hybridized carbons (Fsp3) is 0.636. The van der Waals surface area contributed by atoms with Crippen molar-refractivity contribution >= 4 is 23.7 Å².